The van der Waals surface area contributed by atoms with Crippen molar-refractivity contribution in [3.8, 4) is 0 Å². The topological polar surface area (TPSA) is 114 Å². The minimum absolute atomic E-state index is 0.0536. The predicted octanol–water partition coefficient (Wildman–Crippen LogP) is -0.205. The zero-order valence-electron chi connectivity index (χ0n) is 18.3. The Hall–Kier alpha value is -3.24. The number of nitrogens with one attached hydrogen (secondary N) is 3. The van der Waals surface area contributed by atoms with Crippen LogP contribution in [-0.2, 0) is 19.9 Å². The third-order valence-electron chi connectivity index (χ3n) is 5.77. The van der Waals surface area contributed by atoms with Crippen LogP contribution in [0.3, 0.4) is 0 Å². The van der Waals surface area contributed by atoms with Crippen LogP contribution in [0.15, 0.2) is 43.0 Å². The first-order chi connectivity index (χ1) is 15.4. The number of carbonyl (C=O) groups excluding carboxylic acids is 4. The summed E-state index contributed by atoms with van der Waals surface area (Å²) in [5.74, 6) is -1.00. The number of hydrogen-bond donors (Lipinski definition) is 3. The first-order valence-corrected chi connectivity index (χ1v) is 10.7. The molecule has 1 unspecified atom stereocenters. The summed E-state index contributed by atoms with van der Waals surface area (Å²) in [6.45, 7) is 8.66. The Balaban J connectivity index is 1.51. The van der Waals surface area contributed by atoms with Gasteiger partial charge in [-0.25, -0.2) is 4.79 Å². The second-order valence-electron chi connectivity index (χ2n) is 7.88. The van der Waals surface area contributed by atoms with Gasteiger partial charge in [0.2, 0.25) is 5.91 Å². The van der Waals surface area contributed by atoms with E-state index < -0.39 is 23.4 Å². The smallest absolute Gasteiger partial charge is 0.344 e. The average Bonchev–Trinajstić information content (AvgIpc) is 3.04. The van der Waals surface area contributed by atoms with E-state index in [0.29, 0.717) is 51.3 Å². The zero-order chi connectivity index (χ0) is 23.1. The van der Waals surface area contributed by atoms with Crippen molar-refractivity contribution in [3.63, 3.8) is 0 Å². The molecule has 32 heavy (non-hydrogen) atoms. The van der Waals surface area contributed by atoms with E-state index in [2.05, 4.69) is 22.6 Å². The maximum absolute atomic E-state index is 13.1. The van der Waals surface area contributed by atoms with Gasteiger partial charge in [0.25, 0.3) is 11.8 Å². The molecule has 0 aromatic heterocycles. The van der Waals surface area contributed by atoms with Crippen molar-refractivity contribution in [1.29, 1.82) is 0 Å². The number of urea groups is 1. The third-order valence-corrected chi connectivity index (χ3v) is 5.77. The number of benzene rings is 1. The summed E-state index contributed by atoms with van der Waals surface area (Å²) in [6.07, 6.45) is 1.99. The van der Waals surface area contributed by atoms with Crippen molar-refractivity contribution in [3.05, 3.63) is 48.6 Å². The maximum atomic E-state index is 13.1. The third kappa shape index (κ3) is 5.14. The summed E-state index contributed by atoms with van der Waals surface area (Å²) in [6, 6.07) is 8.35. The fourth-order valence-corrected chi connectivity index (χ4v) is 3.95. The summed E-state index contributed by atoms with van der Waals surface area (Å²) in [4.78, 5) is 53.9. The van der Waals surface area contributed by atoms with Gasteiger partial charge in [-0.3, -0.25) is 29.6 Å². The first kappa shape index (κ1) is 23.4. The van der Waals surface area contributed by atoms with E-state index in [0.717, 1.165) is 5.01 Å². The lowest BCUT2D eigenvalue weighted by molar-refractivity contribution is -0.140. The molecule has 5 amide bonds. The molecule has 2 aliphatic rings. The van der Waals surface area contributed by atoms with Gasteiger partial charge in [0.05, 0.1) is 13.1 Å². The number of nitrogens with zero attached hydrogens (tertiary/aromatic N) is 3. The summed E-state index contributed by atoms with van der Waals surface area (Å²) in [5.41, 5.74) is 1.94. The van der Waals surface area contributed by atoms with Gasteiger partial charge in [-0.2, -0.15) is 5.01 Å². The Labute approximate surface area is 187 Å². The SMILES string of the molecule is C=CCNC(=O)CN1CCN(CC(=O)NN2C(=O)NC(CC)(c3ccccc3)C2=O)CC1. The molecule has 2 aliphatic heterocycles. The highest BCUT2D eigenvalue weighted by Crippen LogP contribution is 2.31. The summed E-state index contributed by atoms with van der Waals surface area (Å²) in [7, 11) is 0. The van der Waals surface area contributed by atoms with Crippen LogP contribution in [0, 0.1) is 0 Å². The lowest BCUT2D eigenvalue weighted by Crippen LogP contribution is -2.54. The number of rotatable bonds is 9. The highest BCUT2D eigenvalue weighted by atomic mass is 16.2. The Morgan fingerprint density at radius 2 is 1.66 bits per heavy atom. The van der Waals surface area contributed by atoms with Gasteiger partial charge in [-0.05, 0) is 12.0 Å². The molecule has 3 rings (SSSR count). The molecular weight excluding hydrogens is 412 g/mol. The number of piperazine rings is 1. The number of carbonyl (C=O) groups is 4. The van der Waals surface area contributed by atoms with E-state index in [-0.39, 0.29) is 12.5 Å². The molecule has 10 nitrogen and oxygen atoms in total. The van der Waals surface area contributed by atoms with Crippen LogP contribution < -0.4 is 16.1 Å². The van der Waals surface area contributed by atoms with E-state index in [1.807, 2.05) is 22.8 Å². The van der Waals surface area contributed by atoms with E-state index in [9.17, 15) is 19.2 Å². The van der Waals surface area contributed by atoms with Crippen LogP contribution in [0.4, 0.5) is 4.79 Å². The van der Waals surface area contributed by atoms with Gasteiger partial charge in [-0.1, -0.05) is 43.3 Å². The molecule has 172 valence electrons. The molecule has 1 aromatic rings. The van der Waals surface area contributed by atoms with Crippen LogP contribution in [0.2, 0.25) is 0 Å². The molecule has 2 fully saturated rings. The van der Waals surface area contributed by atoms with Crippen molar-refractivity contribution >= 4 is 23.8 Å². The minimum Gasteiger partial charge on any atom is -0.352 e. The molecule has 1 aromatic carbocycles. The van der Waals surface area contributed by atoms with Gasteiger partial charge in [0.1, 0.15) is 5.54 Å². The normalized spacial score (nSPS) is 21.8. The van der Waals surface area contributed by atoms with Crippen LogP contribution in [0.25, 0.3) is 0 Å². The average molecular weight is 443 g/mol. The summed E-state index contributed by atoms with van der Waals surface area (Å²) >= 11 is 0. The Morgan fingerprint density at radius 3 is 2.22 bits per heavy atom. The second kappa shape index (κ2) is 10.4. The van der Waals surface area contributed by atoms with E-state index in [1.165, 1.54) is 0 Å². The quantitative estimate of drug-likeness (QED) is 0.360. The minimum atomic E-state index is -1.19. The number of hydrazine groups is 1. The molecule has 2 heterocycles. The van der Waals surface area contributed by atoms with Crippen molar-refractivity contribution in [2.75, 3.05) is 45.8 Å². The van der Waals surface area contributed by atoms with Crippen LogP contribution >= 0.6 is 0 Å². The summed E-state index contributed by atoms with van der Waals surface area (Å²) < 4.78 is 0. The standard InChI is InChI=1S/C22H30N6O4/c1-3-10-23-18(29)15-26-11-13-27(14-12-26)16-19(30)25-28-20(31)22(4-2,24-21(28)32)17-8-6-5-7-9-17/h3,5-9H,1,4,10-16H2,2H3,(H,23,29)(H,24,32)(H,25,30). The Kier molecular flexibility index (Phi) is 7.60. The predicted molar refractivity (Wildman–Crippen MR) is 118 cm³/mol. The fraction of sp³-hybridized carbons (Fsp3) is 0.455. The fourth-order valence-electron chi connectivity index (χ4n) is 3.95. The number of amides is 5. The molecule has 0 spiro atoms. The monoisotopic (exact) mass is 442 g/mol. The molecule has 0 aliphatic carbocycles. The molecular formula is C22H30N6O4. The van der Waals surface area contributed by atoms with Gasteiger partial charge < -0.3 is 10.6 Å². The van der Waals surface area contributed by atoms with Crippen molar-refractivity contribution in [2.24, 2.45) is 0 Å². The maximum Gasteiger partial charge on any atom is 0.344 e. The van der Waals surface area contributed by atoms with Gasteiger partial charge in [0.15, 0.2) is 0 Å². The molecule has 2 saturated heterocycles. The number of imide groups is 1. The van der Waals surface area contributed by atoms with Crippen molar-refractivity contribution < 1.29 is 19.2 Å². The highest BCUT2D eigenvalue weighted by Gasteiger charge is 2.52. The first-order valence-electron chi connectivity index (χ1n) is 10.7. The van der Waals surface area contributed by atoms with Crippen molar-refractivity contribution in [2.45, 2.75) is 18.9 Å². The largest absolute Gasteiger partial charge is 0.352 e. The van der Waals surface area contributed by atoms with E-state index in [4.69, 9.17) is 0 Å². The molecule has 1 atom stereocenters. The van der Waals surface area contributed by atoms with Gasteiger partial charge >= 0.3 is 6.03 Å². The Bertz CT molecular complexity index is 868. The summed E-state index contributed by atoms with van der Waals surface area (Å²) in [5, 5.41) is 6.26. The second-order valence-corrected chi connectivity index (χ2v) is 7.88. The van der Waals surface area contributed by atoms with Crippen LogP contribution in [0.1, 0.15) is 18.9 Å². The van der Waals surface area contributed by atoms with Crippen LogP contribution in [0.5, 0.6) is 0 Å². The molecule has 0 bridgehead atoms. The van der Waals surface area contributed by atoms with Crippen LogP contribution in [-0.4, -0.2) is 84.4 Å². The Morgan fingerprint density at radius 1 is 1.06 bits per heavy atom. The lowest BCUT2D eigenvalue weighted by atomic mass is 9.87. The van der Waals surface area contributed by atoms with Gasteiger partial charge in [-0.15, -0.1) is 6.58 Å². The molecule has 3 N–H and O–H groups in total. The van der Waals surface area contributed by atoms with Gasteiger partial charge in [0, 0.05) is 32.7 Å². The molecule has 0 radical (unpaired) electrons. The van der Waals surface area contributed by atoms with E-state index >= 15 is 0 Å². The molecule has 0 saturated carbocycles. The van der Waals surface area contributed by atoms with E-state index in [1.54, 1.807) is 30.3 Å². The lowest BCUT2D eigenvalue weighted by Gasteiger charge is -2.34. The van der Waals surface area contributed by atoms with Crippen molar-refractivity contribution in [1.82, 2.24) is 30.9 Å². The zero-order valence-corrected chi connectivity index (χ0v) is 18.3. The molecule has 10 heteroatoms. The highest BCUT2D eigenvalue weighted by molar-refractivity contribution is 6.08. The number of hydrogen-bond acceptors (Lipinski definition) is 6.